The average molecular weight is 454 g/mol. The number of benzene rings is 2. The Labute approximate surface area is 202 Å². The topological polar surface area (TPSA) is 21.9 Å². The number of pyridine rings is 1. The monoisotopic (exact) mass is 453 g/mol. The van der Waals surface area contributed by atoms with E-state index in [4.69, 9.17) is 4.42 Å². The Morgan fingerprint density at radius 3 is 2.47 bits per heavy atom. The van der Waals surface area contributed by atoms with E-state index >= 15 is 0 Å². The predicted octanol–water partition coefficient (Wildman–Crippen LogP) is 8.14. The highest BCUT2D eigenvalue weighted by Crippen LogP contribution is 2.48. The summed E-state index contributed by atoms with van der Waals surface area (Å²) in [4.78, 5) is 0. The van der Waals surface area contributed by atoms with E-state index in [1.54, 1.807) is 0 Å². The Balaban J connectivity index is 1.62. The van der Waals surface area contributed by atoms with Crippen LogP contribution in [0.25, 0.3) is 43.7 Å². The summed E-state index contributed by atoms with van der Waals surface area (Å²) >= 11 is 0. The van der Waals surface area contributed by atoms with Gasteiger partial charge in [-0.05, 0) is 79.5 Å². The van der Waals surface area contributed by atoms with E-state index in [9.17, 15) is 0 Å². The molecule has 3 nitrogen and oxygen atoms in total. The van der Waals surface area contributed by atoms with E-state index in [1.165, 1.54) is 87.8 Å². The van der Waals surface area contributed by atoms with Crippen LogP contribution in [-0.2, 0) is 14.1 Å². The summed E-state index contributed by atoms with van der Waals surface area (Å²) in [6.45, 7) is 9.22. The molecule has 1 fully saturated rings. The molecular weight excluding hydrogens is 416 g/mol. The first kappa shape index (κ1) is 21.7. The van der Waals surface area contributed by atoms with E-state index in [2.05, 4.69) is 87.6 Å². The summed E-state index contributed by atoms with van der Waals surface area (Å²) in [6, 6.07) is 9.34. The third-order valence-corrected chi connectivity index (χ3v) is 9.46. The van der Waals surface area contributed by atoms with Crippen LogP contribution in [0.3, 0.4) is 0 Å². The third-order valence-electron chi connectivity index (χ3n) is 9.46. The minimum absolute atomic E-state index is 0.563. The second kappa shape index (κ2) is 7.60. The van der Waals surface area contributed by atoms with E-state index in [-0.39, 0.29) is 0 Å². The van der Waals surface area contributed by atoms with Gasteiger partial charge < -0.3 is 8.98 Å². The van der Waals surface area contributed by atoms with Gasteiger partial charge in [0.05, 0.1) is 16.5 Å². The van der Waals surface area contributed by atoms with Gasteiger partial charge in [0, 0.05) is 30.1 Å². The molecule has 3 aromatic heterocycles. The van der Waals surface area contributed by atoms with Crippen molar-refractivity contribution in [1.82, 2.24) is 4.57 Å². The fraction of sp³-hybridized carbons (Fsp3) is 0.452. The highest BCUT2D eigenvalue weighted by molar-refractivity contribution is 6.19. The summed E-state index contributed by atoms with van der Waals surface area (Å²) in [5, 5.41) is 5.13. The number of hydrogen-bond acceptors (Lipinski definition) is 1. The standard InChI is InChI=1S/C31H37N2O/c1-7-31(8-2)13-9-21(10-14-31)23-17-22-11-15-33(6)29-26-19(3)24-12-16-32(5)28(24)20(4)30(26)34-25(18-23)27(22)29/h11-12,15-18,21H,7-10,13-14H2,1-6H3/q+1. The summed E-state index contributed by atoms with van der Waals surface area (Å²) in [7, 11) is 4.30. The molecule has 0 aliphatic heterocycles. The number of hydrogen-bond donors (Lipinski definition) is 0. The van der Waals surface area contributed by atoms with Crippen molar-refractivity contribution in [3.8, 4) is 0 Å². The molecule has 1 saturated carbocycles. The minimum Gasteiger partial charge on any atom is -0.455 e. The molecule has 0 radical (unpaired) electrons. The molecular formula is C31H37N2O+. The highest BCUT2D eigenvalue weighted by atomic mass is 16.3. The number of rotatable bonds is 3. The third kappa shape index (κ3) is 2.92. The summed E-state index contributed by atoms with van der Waals surface area (Å²) in [5.41, 5.74) is 9.17. The van der Waals surface area contributed by atoms with Gasteiger partial charge in [-0.1, -0.05) is 32.8 Å². The second-order valence-corrected chi connectivity index (χ2v) is 11.0. The molecule has 1 aliphatic rings. The first-order valence-corrected chi connectivity index (χ1v) is 13.1. The van der Waals surface area contributed by atoms with Crippen LogP contribution in [-0.4, -0.2) is 4.57 Å². The van der Waals surface area contributed by atoms with Crippen molar-refractivity contribution in [1.29, 1.82) is 0 Å². The largest absolute Gasteiger partial charge is 0.455 e. The summed E-state index contributed by atoms with van der Waals surface area (Å²) in [5.74, 6) is 0.632. The lowest BCUT2D eigenvalue weighted by molar-refractivity contribution is -0.642. The molecule has 0 spiro atoms. The SMILES string of the molecule is CCC1(CC)CCC(c2cc3ccn(C)c4c5c(C)c6cc[n+](C)c6c(C)c5oc(c2)c34)CC1. The number of nitrogens with zero attached hydrogens (tertiary/aromatic N) is 2. The average Bonchev–Trinajstić information content (AvgIpc) is 3.25. The van der Waals surface area contributed by atoms with Gasteiger partial charge in [0.1, 0.15) is 18.2 Å². The van der Waals surface area contributed by atoms with Gasteiger partial charge >= 0.3 is 0 Å². The van der Waals surface area contributed by atoms with Crippen molar-refractivity contribution in [2.24, 2.45) is 19.5 Å². The fourth-order valence-electron chi connectivity index (χ4n) is 7.05. The molecule has 0 amide bonds. The molecule has 6 rings (SSSR count). The van der Waals surface area contributed by atoms with Gasteiger partial charge in [-0.15, -0.1) is 0 Å². The highest BCUT2D eigenvalue weighted by Gasteiger charge is 2.33. The van der Waals surface area contributed by atoms with Gasteiger partial charge in [0.2, 0.25) is 5.52 Å². The number of fused-ring (bicyclic) bond motifs is 3. The zero-order chi connectivity index (χ0) is 23.8. The maximum absolute atomic E-state index is 6.84. The van der Waals surface area contributed by atoms with Crippen LogP contribution in [0.5, 0.6) is 0 Å². The molecule has 3 heterocycles. The molecule has 34 heavy (non-hydrogen) atoms. The first-order valence-electron chi connectivity index (χ1n) is 13.1. The molecule has 0 saturated heterocycles. The summed E-state index contributed by atoms with van der Waals surface area (Å²) in [6.07, 6.45) is 12.3. The van der Waals surface area contributed by atoms with Crippen LogP contribution in [0.15, 0.2) is 41.1 Å². The van der Waals surface area contributed by atoms with Crippen molar-refractivity contribution in [2.75, 3.05) is 0 Å². The first-order chi connectivity index (χ1) is 16.4. The molecule has 3 heteroatoms. The van der Waals surface area contributed by atoms with E-state index in [0.717, 1.165) is 11.2 Å². The van der Waals surface area contributed by atoms with Gasteiger partial charge in [-0.3, -0.25) is 0 Å². The summed E-state index contributed by atoms with van der Waals surface area (Å²) < 4.78 is 11.3. The van der Waals surface area contributed by atoms with Crippen LogP contribution in [0.4, 0.5) is 0 Å². The molecule has 0 unspecified atom stereocenters. The zero-order valence-electron chi connectivity index (χ0n) is 21.6. The maximum Gasteiger partial charge on any atom is 0.219 e. The predicted molar refractivity (Wildman–Crippen MR) is 143 cm³/mol. The lowest BCUT2D eigenvalue weighted by Gasteiger charge is -2.39. The molecule has 0 N–H and O–H groups in total. The fourth-order valence-corrected chi connectivity index (χ4v) is 7.05. The normalized spacial score (nSPS) is 17.0. The molecule has 2 aromatic carbocycles. The second-order valence-electron chi connectivity index (χ2n) is 11.0. The van der Waals surface area contributed by atoms with Crippen LogP contribution >= 0.6 is 0 Å². The number of aryl methyl sites for hydroxylation is 4. The Morgan fingerprint density at radius 2 is 1.76 bits per heavy atom. The van der Waals surface area contributed by atoms with Crippen molar-refractivity contribution in [2.45, 2.75) is 72.1 Å². The molecule has 0 atom stereocenters. The molecule has 1 aliphatic carbocycles. The van der Waals surface area contributed by atoms with Crippen LogP contribution in [0, 0.1) is 19.3 Å². The molecule has 5 aromatic rings. The Morgan fingerprint density at radius 1 is 1.03 bits per heavy atom. The van der Waals surface area contributed by atoms with Gasteiger partial charge in [0.25, 0.3) is 0 Å². The van der Waals surface area contributed by atoms with Crippen molar-refractivity contribution in [3.63, 3.8) is 0 Å². The van der Waals surface area contributed by atoms with Crippen LogP contribution < -0.4 is 4.57 Å². The zero-order valence-corrected chi connectivity index (χ0v) is 21.6. The maximum atomic E-state index is 6.84. The van der Waals surface area contributed by atoms with E-state index in [0.29, 0.717) is 11.3 Å². The van der Waals surface area contributed by atoms with Crippen LogP contribution in [0.1, 0.15) is 75.0 Å². The Kier molecular flexibility index (Phi) is 4.85. The van der Waals surface area contributed by atoms with Crippen LogP contribution in [0.2, 0.25) is 0 Å². The lowest BCUT2D eigenvalue weighted by atomic mass is 9.66. The van der Waals surface area contributed by atoms with Gasteiger partial charge in [-0.2, -0.15) is 0 Å². The number of aromatic nitrogens is 2. The molecule has 0 bridgehead atoms. The van der Waals surface area contributed by atoms with Crippen molar-refractivity contribution < 1.29 is 8.98 Å². The molecule has 176 valence electrons. The van der Waals surface area contributed by atoms with Gasteiger partial charge in [-0.25, -0.2) is 4.57 Å². The lowest BCUT2D eigenvalue weighted by Crippen LogP contribution is -2.25. The van der Waals surface area contributed by atoms with Gasteiger partial charge in [0.15, 0.2) is 6.20 Å². The quantitative estimate of drug-likeness (QED) is 0.153. The van der Waals surface area contributed by atoms with E-state index in [1.807, 2.05) is 0 Å². The van der Waals surface area contributed by atoms with Crippen molar-refractivity contribution >= 4 is 43.7 Å². The smallest absolute Gasteiger partial charge is 0.219 e. The Bertz CT molecular complexity index is 1570. The minimum atomic E-state index is 0.563. The van der Waals surface area contributed by atoms with Crippen molar-refractivity contribution in [3.05, 3.63) is 53.3 Å². The van der Waals surface area contributed by atoms with E-state index < -0.39 is 0 Å². The Hall–Kier alpha value is -2.81.